The van der Waals surface area contributed by atoms with Gasteiger partial charge in [-0.2, -0.15) is 0 Å². The zero-order valence-corrected chi connectivity index (χ0v) is 13.6. The third kappa shape index (κ3) is 4.19. The topological polar surface area (TPSA) is 45.3 Å². The molecule has 0 aliphatic rings. The van der Waals surface area contributed by atoms with Gasteiger partial charge in [0.2, 0.25) is 0 Å². The van der Waals surface area contributed by atoms with Gasteiger partial charge in [-0.15, -0.1) is 0 Å². The molecule has 1 aromatic heterocycles. The molecule has 0 saturated heterocycles. The van der Waals surface area contributed by atoms with Crippen molar-refractivity contribution >= 4 is 11.3 Å². The van der Waals surface area contributed by atoms with Gasteiger partial charge in [0.05, 0.1) is 12.8 Å². The molecule has 1 aromatic carbocycles. The number of rotatable bonds is 7. The molecule has 1 heterocycles. The number of aromatic nitrogens is 1. The van der Waals surface area contributed by atoms with Crippen LogP contribution < -0.4 is 9.61 Å². The Hall–Kier alpha value is -1.59. The molecule has 2 aromatic rings. The Morgan fingerprint density at radius 2 is 2.00 bits per heavy atom. The van der Waals surface area contributed by atoms with Crippen LogP contribution in [0.25, 0.3) is 11.3 Å². The number of nitrogens with one attached hydrogen (secondary N) is 1. The molecule has 21 heavy (non-hydrogen) atoms. The lowest BCUT2D eigenvalue weighted by molar-refractivity contribution is 0.324. The molecule has 0 amide bonds. The molecule has 0 fully saturated rings. The maximum atomic E-state index is 11.7. The van der Waals surface area contributed by atoms with Crippen LogP contribution >= 0.6 is 11.3 Å². The first-order valence-corrected chi connectivity index (χ1v) is 8.00. The highest BCUT2D eigenvalue weighted by molar-refractivity contribution is 7.09. The number of methoxy groups -OCH3 is 1. The molecule has 0 radical (unpaired) electrons. The van der Waals surface area contributed by atoms with Crippen LogP contribution in [0.4, 0.5) is 0 Å². The Morgan fingerprint density at radius 1 is 1.29 bits per heavy atom. The Labute approximate surface area is 129 Å². The van der Waals surface area contributed by atoms with Crippen LogP contribution in [0.3, 0.4) is 0 Å². The maximum Gasteiger partial charge on any atom is 0.305 e. The molecular weight excluding hydrogens is 284 g/mol. The van der Waals surface area contributed by atoms with Crippen LogP contribution in [0, 0.1) is 0 Å². The fourth-order valence-corrected chi connectivity index (χ4v) is 3.15. The van der Waals surface area contributed by atoms with Crippen LogP contribution in [0.2, 0.25) is 0 Å². The number of H-pyrrole nitrogens is 1. The number of ether oxygens (including phenoxy) is 1. The molecule has 0 atom stereocenters. The SMILES string of the molecule is CCCCN(C)Cc1sc(=O)[nH]c1-c1ccc(OC)cc1. The molecular formula is C16H22N2O2S. The number of unbranched alkanes of at least 4 members (excludes halogenated alkanes) is 1. The summed E-state index contributed by atoms with van der Waals surface area (Å²) in [4.78, 5) is 18.0. The number of hydrogen-bond acceptors (Lipinski definition) is 4. The van der Waals surface area contributed by atoms with Crippen molar-refractivity contribution in [2.24, 2.45) is 0 Å². The second-order valence-corrected chi connectivity index (χ2v) is 6.20. The lowest BCUT2D eigenvalue weighted by atomic mass is 10.1. The number of benzene rings is 1. The van der Waals surface area contributed by atoms with Crippen molar-refractivity contribution in [2.45, 2.75) is 26.3 Å². The molecule has 0 aliphatic heterocycles. The van der Waals surface area contributed by atoms with E-state index >= 15 is 0 Å². The van der Waals surface area contributed by atoms with Gasteiger partial charge in [0.15, 0.2) is 0 Å². The summed E-state index contributed by atoms with van der Waals surface area (Å²) in [6.45, 7) is 4.03. The number of thiazole rings is 1. The molecule has 114 valence electrons. The fraction of sp³-hybridized carbons (Fsp3) is 0.438. The van der Waals surface area contributed by atoms with Gasteiger partial charge in [-0.25, -0.2) is 0 Å². The minimum atomic E-state index is -0.000269. The molecule has 0 spiro atoms. The van der Waals surface area contributed by atoms with Crippen molar-refractivity contribution in [1.82, 2.24) is 9.88 Å². The summed E-state index contributed by atoms with van der Waals surface area (Å²) in [7, 11) is 3.74. The second kappa shape index (κ2) is 7.43. The molecule has 4 nitrogen and oxygen atoms in total. The Morgan fingerprint density at radius 3 is 2.62 bits per heavy atom. The second-order valence-electron chi connectivity index (χ2n) is 5.13. The third-order valence-electron chi connectivity index (χ3n) is 3.41. The average molecular weight is 306 g/mol. The lowest BCUT2D eigenvalue weighted by Gasteiger charge is -2.15. The summed E-state index contributed by atoms with van der Waals surface area (Å²) in [5.41, 5.74) is 1.95. The van der Waals surface area contributed by atoms with Crippen molar-refractivity contribution in [3.8, 4) is 17.0 Å². The first kappa shape index (κ1) is 15.8. The van der Waals surface area contributed by atoms with E-state index in [0.29, 0.717) is 0 Å². The molecule has 5 heteroatoms. The molecule has 0 unspecified atom stereocenters. The van der Waals surface area contributed by atoms with Gasteiger partial charge >= 0.3 is 4.87 Å². The fourth-order valence-electron chi connectivity index (χ4n) is 2.21. The minimum absolute atomic E-state index is 0.000269. The van der Waals surface area contributed by atoms with E-state index in [0.717, 1.165) is 35.0 Å². The molecule has 0 bridgehead atoms. The molecule has 2 rings (SSSR count). The quantitative estimate of drug-likeness (QED) is 0.853. The third-order valence-corrected chi connectivity index (χ3v) is 4.27. The normalized spacial score (nSPS) is 11.0. The number of hydrogen-bond donors (Lipinski definition) is 1. The summed E-state index contributed by atoms with van der Waals surface area (Å²) in [5.74, 6) is 0.818. The Kier molecular flexibility index (Phi) is 5.59. The molecule has 0 saturated carbocycles. The summed E-state index contributed by atoms with van der Waals surface area (Å²) >= 11 is 1.30. The molecule has 1 N–H and O–H groups in total. The van der Waals surface area contributed by atoms with E-state index in [9.17, 15) is 4.79 Å². The van der Waals surface area contributed by atoms with Gasteiger partial charge in [0, 0.05) is 11.4 Å². The first-order chi connectivity index (χ1) is 10.1. The number of aromatic amines is 1. The standard InChI is InChI=1S/C16H22N2O2S/c1-4-5-10-18(2)11-14-15(17-16(19)21-14)12-6-8-13(20-3)9-7-12/h6-9H,4-5,10-11H2,1-3H3,(H,17,19). The first-order valence-electron chi connectivity index (χ1n) is 7.19. The summed E-state index contributed by atoms with van der Waals surface area (Å²) in [6, 6.07) is 7.78. The maximum absolute atomic E-state index is 11.7. The van der Waals surface area contributed by atoms with Gasteiger partial charge < -0.3 is 14.6 Å². The van der Waals surface area contributed by atoms with Crippen molar-refractivity contribution in [3.05, 3.63) is 38.8 Å². The van der Waals surface area contributed by atoms with Gasteiger partial charge in [0.1, 0.15) is 5.75 Å². The smallest absolute Gasteiger partial charge is 0.305 e. The Bertz CT molecular complexity index is 616. The van der Waals surface area contributed by atoms with E-state index in [2.05, 4.69) is 23.9 Å². The number of nitrogens with zero attached hydrogens (tertiary/aromatic N) is 1. The highest BCUT2D eigenvalue weighted by Crippen LogP contribution is 2.26. The average Bonchev–Trinajstić information content (AvgIpc) is 2.85. The molecule has 0 aliphatic carbocycles. The van der Waals surface area contributed by atoms with Gasteiger partial charge in [-0.1, -0.05) is 24.7 Å². The lowest BCUT2D eigenvalue weighted by Crippen LogP contribution is -2.18. The minimum Gasteiger partial charge on any atom is -0.497 e. The summed E-state index contributed by atoms with van der Waals surface area (Å²) in [6.07, 6.45) is 2.35. The van der Waals surface area contributed by atoms with Crippen LogP contribution in [0.5, 0.6) is 5.75 Å². The van der Waals surface area contributed by atoms with E-state index < -0.39 is 0 Å². The van der Waals surface area contributed by atoms with E-state index in [-0.39, 0.29) is 4.87 Å². The van der Waals surface area contributed by atoms with Crippen molar-refractivity contribution in [3.63, 3.8) is 0 Å². The highest BCUT2D eigenvalue weighted by Gasteiger charge is 2.12. The monoisotopic (exact) mass is 306 g/mol. The van der Waals surface area contributed by atoms with Crippen molar-refractivity contribution in [2.75, 3.05) is 20.7 Å². The van der Waals surface area contributed by atoms with Crippen molar-refractivity contribution < 1.29 is 4.74 Å². The van der Waals surface area contributed by atoms with E-state index in [1.165, 1.54) is 24.2 Å². The van der Waals surface area contributed by atoms with Crippen LogP contribution in [-0.4, -0.2) is 30.6 Å². The van der Waals surface area contributed by atoms with Gasteiger partial charge in [-0.05, 0) is 49.8 Å². The summed E-state index contributed by atoms with van der Waals surface area (Å²) < 4.78 is 5.17. The van der Waals surface area contributed by atoms with E-state index in [1.807, 2.05) is 24.3 Å². The Balaban J connectivity index is 2.21. The largest absolute Gasteiger partial charge is 0.497 e. The van der Waals surface area contributed by atoms with Crippen LogP contribution in [0.1, 0.15) is 24.6 Å². The zero-order chi connectivity index (χ0) is 15.2. The summed E-state index contributed by atoms with van der Waals surface area (Å²) in [5, 5.41) is 0. The van der Waals surface area contributed by atoms with Gasteiger partial charge in [0.25, 0.3) is 0 Å². The zero-order valence-electron chi connectivity index (χ0n) is 12.8. The van der Waals surface area contributed by atoms with Gasteiger partial charge in [-0.3, -0.25) is 4.79 Å². The highest BCUT2D eigenvalue weighted by atomic mass is 32.1. The van der Waals surface area contributed by atoms with E-state index in [1.54, 1.807) is 7.11 Å². The predicted molar refractivity (Wildman–Crippen MR) is 88.2 cm³/mol. The van der Waals surface area contributed by atoms with Crippen LogP contribution in [-0.2, 0) is 6.54 Å². The van der Waals surface area contributed by atoms with E-state index in [4.69, 9.17) is 4.74 Å². The predicted octanol–water partition coefficient (Wildman–Crippen LogP) is 3.34. The van der Waals surface area contributed by atoms with Crippen LogP contribution in [0.15, 0.2) is 29.1 Å². The van der Waals surface area contributed by atoms with Crippen molar-refractivity contribution in [1.29, 1.82) is 0 Å².